The Morgan fingerprint density at radius 1 is 1.56 bits per heavy atom. The molecule has 0 fully saturated rings. The van der Waals surface area contributed by atoms with E-state index in [-0.39, 0.29) is 17.0 Å². The molecule has 0 radical (unpaired) electrons. The van der Waals surface area contributed by atoms with E-state index in [4.69, 9.17) is 8.85 Å². The molecule has 5 nitrogen and oxygen atoms in total. The van der Waals surface area contributed by atoms with Gasteiger partial charge in [-0.1, -0.05) is 0 Å². The van der Waals surface area contributed by atoms with Crippen LogP contribution in [0.2, 0.25) is 0 Å². The normalized spacial score (nSPS) is 14.0. The molecular formula is C11H14N2O3. The van der Waals surface area contributed by atoms with Crippen molar-refractivity contribution in [3.05, 3.63) is 40.1 Å². The Bertz CT molecular complexity index is 498. The van der Waals surface area contributed by atoms with Gasteiger partial charge in [0, 0.05) is 20.2 Å². The maximum Gasteiger partial charge on any atom is 0.276 e. The van der Waals surface area contributed by atoms with Crippen LogP contribution in [0.25, 0.3) is 6.08 Å². The van der Waals surface area contributed by atoms with Crippen LogP contribution in [-0.2, 0) is 0 Å². The van der Waals surface area contributed by atoms with Gasteiger partial charge in [0.05, 0.1) is 21.6 Å². The fourth-order valence-electron chi connectivity index (χ4n) is 1.13. The highest BCUT2D eigenvalue weighted by molar-refractivity contribution is 5.62. The molecule has 0 saturated carbocycles. The molecule has 0 bridgehead atoms. The molecule has 0 aliphatic rings. The minimum atomic E-state index is -2.58. The van der Waals surface area contributed by atoms with Crippen LogP contribution in [0.4, 0.5) is 5.69 Å². The van der Waals surface area contributed by atoms with E-state index < -0.39 is 12.0 Å². The van der Waals surface area contributed by atoms with Gasteiger partial charge < -0.3 is 9.64 Å². The highest BCUT2D eigenvalue weighted by Crippen LogP contribution is 2.25. The van der Waals surface area contributed by atoms with Crippen molar-refractivity contribution in [1.29, 1.82) is 0 Å². The Morgan fingerprint density at radius 3 is 2.88 bits per heavy atom. The number of nitrogens with zero attached hydrogens (tertiary/aromatic N) is 2. The summed E-state index contributed by atoms with van der Waals surface area (Å²) >= 11 is 0. The summed E-state index contributed by atoms with van der Waals surface area (Å²) in [6.45, 7) is 0. The second-order valence-electron chi connectivity index (χ2n) is 3.36. The predicted molar refractivity (Wildman–Crippen MR) is 62.4 cm³/mol. The highest BCUT2D eigenvalue weighted by atomic mass is 16.6. The van der Waals surface area contributed by atoms with Gasteiger partial charge in [0.25, 0.3) is 5.69 Å². The number of nitro benzene ring substituents is 1. The van der Waals surface area contributed by atoms with E-state index in [0.717, 1.165) is 0 Å². The largest absolute Gasteiger partial charge is 0.497 e. The Labute approximate surface area is 98.3 Å². The summed E-state index contributed by atoms with van der Waals surface area (Å²) in [4.78, 5) is 12.0. The minimum absolute atomic E-state index is 0.0593. The molecule has 0 aliphatic carbocycles. The third-order valence-electron chi connectivity index (χ3n) is 1.87. The van der Waals surface area contributed by atoms with E-state index >= 15 is 0 Å². The Morgan fingerprint density at radius 2 is 2.31 bits per heavy atom. The minimum Gasteiger partial charge on any atom is -0.497 e. The molecule has 16 heavy (non-hydrogen) atoms. The Kier molecular flexibility index (Phi) is 2.63. The maximum atomic E-state index is 10.9. The predicted octanol–water partition coefficient (Wildman–Crippen LogP) is 2.14. The number of ether oxygens (including phenoxy) is 1. The number of nitro groups is 1. The third kappa shape index (κ3) is 2.98. The fourth-order valence-corrected chi connectivity index (χ4v) is 1.13. The molecule has 0 atom stereocenters. The van der Waals surface area contributed by atoms with Gasteiger partial charge in [-0.2, -0.15) is 0 Å². The highest BCUT2D eigenvalue weighted by Gasteiger charge is 2.11. The van der Waals surface area contributed by atoms with Gasteiger partial charge in [-0.15, -0.1) is 0 Å². The molecular weight excluding hydrogens is 208 g/mol. The second kappa shape index (κ2) is 5.16. The first kappa shape index (κ1) is 8.15. The average molecular weight is 225 g/mol. The molecule has 0 amide bonds. The fraction of sp³-hybridized carbons (Fsp3) is 0.273. The van der Waals surface area contributed by atoms with Crippen molar-refractivity contribution in [2.75, 3.05) is 21.1 Å². The summed E-state index contributed by atoms with van der Waals surface area (Å²) in [7, 11) is 0.953. The van der Waals surface area contributed by atoms with Crippen molar-refractivity contribution in [1.82, 2.24) is 4.90 Å². The first-order valence-electron chi connectivity index (χ1n) is 6.01. The van der Waals surface area contributed by atoms with Crippen LogP contribution < -0.4 is 4.74 Å². The standard InChI is InChI=1S/C11H14N2O3/c1-12(2)7-6-9-8-10(16-3)4-5-11(9)13(14)15/h4-8H,1-3H3/b7-6+/i3D3. The van der Waals surface area contributed by atoms with Gasteiger partial charge >= 0.3 is 0 Å². The summed E-state index contributed by atoms with van der Waals surface area (Å²) in [6.07, 6.45) is 3.14. The summed E-state index contributed by atoms with van der Waals surface area (Å²) in [5, 5.41) is 10.9. The molecule has 0 aliphatic heterocycles. The lowest BCUT2D eigenvalue weighted by Crippen LogP contribution is -2.00. The van der Waals surface area contributed by atoms with Gasteiger partial charge in [0.2, 0.25) is 0 Å². The number of hydrogen-bond acceptors (Lipinski definition) is 4. The first-order valence-corrected chi connectivity index (χ1v) is 4.51. The zero-order chi connectivity index (χ0) is 14.6. The SMILES string of the molecule is [2H]C([2H])([2H])Oc1ccc([N+](=O)[O-])c(/C=C/N(C)C)c1. The Hall–Kier alpha value is -2.04. The number of methoxy groups -OCH3 is 1. The first-order chi connectivity index (χ1) is 8.69. The van der Waals surface area contributed by atoms with E-state index in [1.807, 2.05) is 0 Å². The van der Waals surface area contributed by atoms with Crippen molar-refractivity contribution in [2.24, 2.45) is 0 Å². The lowest BCUT2D eigenvalue weighted by Gasteiger charge is -2.05. The van der Waals surface area contributed by atoms with E-state index in [1.54, 1.807) is 25.2 Å². The van der Waals surface area contributed by atoms with Crippen molar-refractivity contribution < 1.29 is 13.8 Å². The smallest absolute Gasteiger partial charge is 0.276 e. The molecule has 0 N–H and O–H groups in total. The van der Waals surface area contributed by atoms with Crippen LogP contribution in [0.1, 0.15) is 9.68 Å². The number of hydrogen-bond donors (Lipinski definition) is 0. The van der Waals surface area contributed by atoms with Crippen molar-refractivity contribution in [2.45, 2.75) is 0 Å². The molecule has 0 unspecified atom stereocenters. The Balaban J connectivity index is 3.15. The van der Waals surface area contributed by atoms with Gasteiger partial charge in [0.15, 0.2) is 0 Å². The van der Waals surface area contributed by atoms with Gasteiger partial charge in [-0.05, 0) is 24.4 Å². The molecule has 0 saturated heterocycles. The van der Waals surface area contributed by atoms with Crippen LogP contribution in [-0.4, -0.2) is 31.0 Å². The molecule has 0 aromatic heterocycles. The average Bonchev–Trinajstić information content (AvgIpc) is 2.23. The molecule has 0 heterocycles. The summed E-state index contributed by atoms with van der Waals surface area (Å²) < 4.78 is 25.7. The number of benzene rings is 1. The molecule has 0 spiro atoms. The van der Waals surface area contributed by atoms with E-state index in [2.05, 4.69) is 0 Å². The van der Waals surface area contributed by atoms with Crippen LogP contribution in [0, 0.1) is 10.1 Å². The molecule has 1 rings (SSSR count). The van der Waals surface area contributed by atoms with Crippen molar-refractivity contribution >= 4 is 11.8 Å². The third-order valence-corrected chi connectivity index (χ3v) is 1.87. The summed E-state index contributed by atoms with van der Waals surface area (Å²) in [6, 6.07) is 3.80. The van der Waals surface area contributed by atoms with E-state index in [0.29, 0.717) is 0 Å². The van der Waals surface area contributed by atoms with Crippen LogP contribution in [0.5, 0.6) is 5.75 Å². The molecule has 86 valence electrons. The lowest BCUT2D eigenvalue weighted by molar-refractivity contribution is -0.385. The zero-order valence-electron chi connectivity index (χ0n) is 12.0. The van der Waals surface area contributed by atoms with Gasteiger partial charge in [0.1, 0.15) is 5.75 Å². The van der Waals surface area contributed by atoms with Crippen LogP contribution in [0.3, 0.4) is 0 Å². The molecule has 1 aromatic rings. The van der Waals surface area contributed by atoms with Crippen molar-refractivity contribution in [3.8, 4) is 5.75 Å². The monoisotopic (exact) mass is 225 g/mol. The van der Waals surface area contributed by atoms with Crippen molar-refractivity contribution in [3.63, 3.8) is 0 Å². The molecule has 5 heteroatoms. The van der Waals surface area contributed by atoms with E-state index in [9.17, 15) is 10.1 Å². The molecule has 1 aromatic carbocycles. The van der Waals surface area contributed by atoms with Crippen LogP contribution >= 0.6 is 0 Å². The lowest BCUT2D eigenvalue weighted by atomic mass is 10.1. The quantitative estimate of drug-likeness (QED) is 0.582. The topological polar surface area (TPSA) is 55.6 Å². The summed E-state index contributed by atoms with van der Waals surface area (Å²) in [5.74, 6) is 0.0593. The van der Waals surface area contributed by atoms with Gasteiger partial charge in [-0.25, -0.2) is 0 Å². The maximum absolute atomic E-state index is 10.9. The van der Waals surface area contributed by atoms with Gasteiger partial charge in [-0.3, -0.25) is 10.1 Å². The zero-order valence-corrected chi connectivity index (χ0v) is 9.01. The second-order valence-corrected chi connectivity index (χ2v) is 3.36. The van der Waals surface area contributed by atoms with E-state index in [1.165, 1.54) is 24.3 Å². The summed E-state index contributed by atoms with van der Waals surface area (Å²) in [5.41, 5.74) is 0.163. The van der Waals surface area contributed by atoms with Crippen LogP contribution in [0.15, 0.2) is 24.4 Å². The number of rotatable bonds is 4.